The minimum atomic E-state index is -0.399. The second-order valence-electron chi connectivity index (χ2n) is 4.26. The third-order valence-electron chi connectivity index (χ3n) is 2.54. The van der Waals surface area contributed by atoms with Gasteiger partial charge in [-0.15, -0.1) is 0 Å². The summed E-state index contributed by atoms with van der Waals surface area (Å²) in [5, 5.41) is 0.582. The fourth-order valence-corrected chi connectivity index (χ4v) is 2.66. The molecule has 0 amide bonds. The molecule has 2 rings (SSSR count). The minimum absolute atomic E-state index is 0.0356. The smallest absolute Gasteiger partial charge is 0.303 e. The van der Waals surface area contributed by atoms with Gasteiger partial charge in [0.05, 0.1) is 15.7 Å². The number of aromatic nitrogens is 1. The Hall–Kier alpha value is -1.56. The first-order chi connectivity index (χ1) is 10.5. The van der Waals surface area contributed by atoms with E-state index in [1.54, 1.807) is 36.4 Å². The first-order valence-corrected chi connectivity index (χ1v) is 7.79. The number of benzene rings is 1. The van der Waals surface area contributed by atoms with E-state index in [4.69, 9.17) is 27.9 Å². The number of halogens is 2. The summed E-state index contributed by atoms with van der Waals surface area (Å²) in [5.41, 5.74) is 0.788. The summed E-state index contributed by atoms with van der Waals surface area (Å²) in [6.45, 7) is 1.35. The van der Waals surface area contributed by atoms with Gasteiger partial charge in [0.2, 0.25) is 5.12 Å². The summed E-state index contributed by atoms with van der Waals surface area (Å²) in [6, 6.07) is 9.93. The molecule has 0 bridgehead atoms. The number of esters is 1. The van der Waals surface area contributed by atoms with Crippen LogP contribution in [0.5, 0.6) is 0 Å². The Kier molecular flexibility index (Phi) is 5.83. The van der Waals surface area contributed by atoms with E-state index in [0.29, 0.717) is 20.6 Å². The molecule has 22 heavy (non-hydrogen) atoms. The molecule has 0 saturated heterocycles. The lowest BCUT2D eigenvalue weighted by Crippen LogP contribution is -2.04. The Morgan fingerprint density at radius 3 is 2.64 bits per heavy atom. The number of nitrogens with zero attached hydrogens (tertiary/aromatic N) is 1. The molecule has 1 heterocycles. The van der Waals surface area contributed by atoms with Crippen LogP contribution < -0.4 is 0 Å². The average Bonchev–Trinajstić information content (AvgIpc) is 2.49. The summed E-state index contributed by atoms with van der Waals surface area (Å²) in [5.74, 6) is -0.399. The predicted molar refractivity (Wildman–Crippen MR) is 86.4 cm³/mol. The molecule has 0 N–H and O–H groups in total. The molecule has 0 fully saturated rings. The quantitative estimate of drug-likeness (QED) is 0.601. The number of rotatable bonds is 4. The lowest BCUT2D eigenvalue weighted by atomic mass is 10.3. The van der Waals surface area contributed by atoms with Crippen LogP contribution in [-0.4, -0.2) is 16.1 Å². The van der Waals surface area contributed by atoms with Crippen molar-refractivity contribution in [2.45, 2.75) is 18.4 Å². The molecule has 0 aliphatic rings. The second kappa shape index (κ2) is 7.63. The van der Waals surface area contributed by atoms with Crippen LogP contribution in [-0.2, 0) is 16.1 Å². The first-order valence-electron chi connectivity index (χ1n) is 6.22. The predicted octanol–water partition coefficient (Wildman–Crippen LogP) is 4.38. The van der Waals surface area contributed by atoms with E-state index in [9.17, 15) is 9.59 Å². The molecule has 114 valence electrons. The molecule has 4 nitrogen and oxygen atoms in total. The van der Waals surface area contributed by atoms with E-state index < -0.39 is 5.97 Å². The van der Waals surface area contributed by atoms with Crippen molar-refractivity contribution in [3.63, 3.8) is 0 Å². The van der Waals surface area contributed by atoms with Crippen molar-refractivity contribution in [2.75, 3.05) is 0 Å². The van der Waals surface area contributed by atoms with Crippen LogP contribution in [0.2, 0.25) is 10.0 Å². The van der Waals surface area contributed by atoms with Gasteiger partial charge in [-0.3, -0.25) is 9.59 Å². The number of carbonyl (C=O) groups is 2. The van der Waals surface area contributed by atoms with Gasteiger partial charge in [-0.25, -0.2) is 4.98 Å². The van der Waals surface area contributed by atoms with Gasteiger partial charge in [-0.2, -0.15) is 0 Å². The summed E-state index contributed by atoms with van der Waals surface area (Å²) in [6.07, 6.45) is 0. The van der Waals surface area contributed by atoms with Gasteiger partial charge >= 0.3 is 5.97 Å². The number of thioether (sulfide) groups is 1. The average molecular weight is 356 g/mol. The van der Waals surface area contributed by atoms with Crippen LogP contribution >= 0.6 is 35.0 Å². The molecule has 0 atom stereocenters. The van der Waals surface area contributed by atoms with Crippen molar-refractivity contribution in [3.05, 3.63) is 57.8 Å². The molecule has 0 spiro atoms. The van der Waals surface area contributed by atoms with Gasteiger partial charge in [0.15, 0.2) is 0 Å². The maximum Gasteiger partial charge on any atom is 0.303 e. The highest BCUT2D eigenvalue weighted by Gasteiger charge is 2.12. The SMILES string of the molecule is CC(=O)OCc1cccc(C(=O)Sc2ccc(Cl)c(Cl)c2)n1. The molecule has 1 aromatic carbocycles. The summed E-state index contributed by atoms with van der Waals surface area (Å²) >= 11 is 12.8. The third-order valence-corrected chi connectivity index (χ3v) is 4.16. The number of pyridine rings is 1. The molecule has 0 saturated carbocycles. The zero-order valence-corrected chi connectivity index (χ0v) is 13.8. The van der Waals surface area contributed by atoms with Crippen LogP contribution in [0.4, 0.5) is 0 Å². The number of carbonyl (C=O) groups excluding carboxylic acids is 2. The first kappa shape index (κ1) is 16.8. The number of hydrogen-bond acceptors (Lipinski definition) is 5. The van der Waals surface area contributed by atoms with E-state index in [0.717, 1.165) is 11.8 Å². The van der Waals surface area contributed by atoms with Crippen LogP contribution in [0, 0.1) is 0 Å². The lowest BCUT2D eigenvalue weighted by Gasteiger charge is -2.05. The normalized spacial score (nSPS) is 10.3. The summed E-state index contributed by atoms with van der Waals surface area (Å²) in [7, 11) is 0. The van der Waals surface area contributed by atoms with Crippen LogP contribution in [0.3, 0.4) is 0 Å². The highest BCUT2D eigenvalue weighted by molar-refractivity contribution is 8.14. The minimum Gasteiger partial charge on any atom is -0.459 e. The molecule has 0 radical (unpaired) electrons. The molecule has 2 aromatic rings. The highest BCUT2D eigenvalue weighted by Crippen LogP contribution is 2.29. The Balaban J connectivity index is 2.10. The molecule has 0 aliphatic heterocycles. The van der Waals surface area contributed by atoms with Gasteiger partial charge in [0.1, 0.15) is 12.3 Å². The van der Waals surface area contributed by atoms with Crippen molar-refractivity contribution in [3.8, 4) is 0 Å². The van der Waals surface area contributed by atoms with Crippen molar-refractivity contribution < 1.29 is 14.3 Å². The van der Waals surface area contributed by atoms with Crippen molar-refractivity contribution >= 4 is 46.0 Å². The largest absolute Gasteiger partial charge is 0.459 e. The van der Waals surface area contributed by atoms with E-state index in [1.165, 1.54) is 6.92 Å². The van der Waals surface area contributed by atoms with Crippen molar-refractivity contribution in [1.29, 1.82) is 0 Å². The summed E-state index contributed by atoms with van der Waals surface area (Å²) < 4.78 is 4.86. The second-order valence-corrected chi connectivity index (χ2v) is 6.12. The fraction of sp³-hybridized carbons (Fsp3) is 0.133. The van der Waals surface area contributed by atoms with Crippen LogP contribution in [0.1, 0.15) is 23.1 Å². The van der Waals surface area contributed by atoms with E-state index >= 15 is 0 Å². The van der Waals surface area contributed by atoms with Gasteiger partial charge in [-0.1, -0.05) is 29.3 Å². The number of ether oxygens (including phenoxy) is 1. The summed E-state index contributed by atoms with van der Waals surface area (Å²) in [4.78, 5) is 27.9. The van der Waals surface area contributed by atoms with E-state index in [-0.39, 0.29) is 17.4 Å². The molecule has 0 unspecified atom stereocenters. The zero-order chi connectivity index (χ0) is 16.1. The van der Waals surface area contributed by atoms with E-state index in [1.807, 2.05) is 0 Å². The van der Waals surface area contributed by atoms with Crippen molar-refractivity contribution in [2.24, 2.45) is 0 Å². The van der Waals surface area contributed by atoms with Crippen LogP contribution in [0.15, 0.2) is 41.3 Å². The maximum atomic E-state index is 12.2. The number of hydrogen-bond donors (Lipinski definition) is 0. The topological polar surface area (TPSA) is 56.3 Å². The van der Waals surface area contributed by atoms with Crippen molar-refractivity contribution in [1.82, 2.24) is 4.98 Å². The Morgan fingerprint density at radius 1 is 1.18 bits per heavy atom. The Morgan fingerprint density at radius 2 is 1.95 bits per heavy atom. The maximum absolute atomic E-state index is 12.2. The molecular formula is C15H11Cl2NO3S. The lowest BCUT2D eigenvalue weighted by molar-refractivity contribution is -0.142. The molecule has 0 aliphatic carbocycles. The monoisotopic (exact) mass is 355 g/mol. The Labute approximate surface area is 141 Å². The highest BCUT2D eigenvalue weighted by atomic mass is 35.5. The van der Waals surface area contributed by atoms with Gasteiger partial charge < -0.3 is 4.74 Å². The standard InChI is InChI=1S/C15H11Cl2NO3S/c1-9(19)21-8-10-3-2-4-14(18-10)15(20)22-11-5-6-12(16)13(17)7-11/h2-7H,8H2,1H3. The van der Waals surface area contributed by atoms with E-state index in [2.05, 4.69) is 4.98 Å². The van der Waals surface area contributed by atoms with Crippen LogP contribution in [0.25, 0.3) is 0 Å². The Bertz CT molecular complexity index is 722. The molecular weight excluding hydrogens is 345 g/mol. The van der Waals surface area contributed by atoms with Gasteiger partial charge in [0, 0.05) is 11.8 Å². The fourth-order valence-electron chi connectivity index (χ4n) is 1.55. The molecule has 1 aromatic heterocycles. The van der Waals surface area contributed by atoms with Gasteiger partial charge in [-0.05, 0) is 42.1 Å². The third kappa shape index (κ3) is 4.73. The molecule has 7 heteroatoms. The van der Waals surface area contributed by atoms with Gasteiger partial charge in [0.25, 0.3) is 0 Å². The zero-order valence-electron chi connectivity index (χ0n) is 11.5.